The third-order valence-corrected chi connectivity index (χ3v) is 6.97. The van der Waals surface area contributed by atoms with Crippen molar-refractivity contribution in [2.24, 2.45) is 0 Å². The molecule has 2 aromatic carbocycles. The van der Waals surface area contributed by atoms with E-state index in [0.717, 1.165) is 79.3 Å². The second-order valence-electron chi connectivity index (χ2n) is 9.13. The summed E-state index contributed by atoms with van der Waals surface area (Å²) in [5.41, 5.74) is 4.63. The molecule has 2 aliphatic rings. The number of amides is 1. The highest BCUT2D eigenvalue weighted by Crippen LogP contribution is 2.29. The molecule has 1 aliphatic heterocycles. The standard InChI is InChI=1S/C27H31FN4O3/c1-34-24-12-7-19(17-25(24)35-2)18-30-13-15-31(16-14-30)27(33)26-22-5-3-4-6-23(22)32(29-26)21-10-8-20(28)9-11-21/h7-12,17H,3-6,13-16,18H2,1-2H3. The van der Waals surface area contributed by atoms with Crippen LogP contribution in [-0.4, -0.2) is 65.9 Å². The van der Waals surface area contributed by atoms with E-state index in [1.54, 1.807) is 26.4 Å². The Labute approximate surface area is 205 Å². The van der Waals surface area contributed by atoms with Crippen molar-refractivity contribution in [3.05, 3.63) is 70.8 Å². The fraction of sp³-hybridized carbons (Fsp3) is 0.407. The van der Waals surface area contributed by atoms with Crippen LogP contribution >= 0.6 is 0 Å². The largest absolute Gasteiger partial charge is 0.493 e. The fourth-order valence-electron chi connectivity index (χ4n) is 5.06. The molecule has 0 N–H and O–H groups in total. The van der Waals surface area contributed by atoms with Crippen LogP contribution in [0, 0.1) is 5.82 Å². The molecular formula is C27H31FN4O3. The predicted octanol–water partition coefficient (Wildman–Crippen LogP) is 3.87. The summed E-state index contributed by atoms with van der Waals surface area (Å²) in [5, 5.41) is 4.75. The summed E-state index contributed by atoms with van der Waals surface area (Å²) in [6, 6.07) is 12.3. The van der Waals surface area contributed by atoms with Gasteiger partial charge in [-0.1, -0.05) is 6.07 Å². The number of aromatic nitrogens is 2. The molecule has 0 radical (unpaired) electrons. The molecule has 1 amide bonds. The molecule has 5 rings (SSSR count). The molecule has 1 saturated heterocycles. The smallest absolute Gasteiger partial charge is 0.274 e. The van der Waals surface area contributed by atoms with E-state index < -0.39 is 0 Å². The molecule has 7 nitrogen and oxygen atoms in total. The Bertz CT molecular complexity index is 1200. The maximum atomic E-state index is 13.5. The number of ether oxygens (including phenoxy) is 2. The Morgan fingerprint density at radius 2 is 1.66 bits per heavy atom. The summed E-state index contributed by atoms with van der Waals surface area (Å²) in [6.45, 7) is 3.69. The lowest BCUT2D eigenvalue weighted by Gasteiger charge is -2.34. The monoisotopic (exact) mass is 478 g/mol. The van der Waals surface area contributed by atoms with E-state index in [9.17, 15) is 9.18 Å². The lowest BCUT2D eigenvalue weighted by atomic mass is 9.95. The Morgan fingerprint density at radius 3 is 2.37 bits per heavy atom. The molecule has 0 atom stereocenters. The molecule has 35 heavy (non-hydrogen) atoms. The lowest BCUT2D eigenvalue weighted by Crippen LogP contribution is -2.48. The second-order valence-corrected chi connectivity index (χ2v) is 9.13. The van der Waals surface area contributed by atoms with Crippen molar-refractivity contribution in [3.63, 3.8) is 0 Å². The minimum Gasteiger partial charge on any atom is -0.493 e. The number of hydrogen-bond acceptors (Lipinski definition) is 5. The summed E-state index contributed by atoms with van der Waals surface area (Å²) in [4.78, 5) is 17.8. The molecule has 3 aromatic rings. The first-order chi connectivity index (χ1) is 17.1. The van der Waals surface area contributed by atoms with Gasteiger partial charge in [-0.3, -0.25) is 9.69 Å². The van der Waals surface area contributed by atoms with Gasteiger partial charge in [0.2, 0.25) is 0 Å². The first kappa shape index (κ1) is 23.4. The molecule has 0 bridgehead atoms. The number of carbonyl (C=O) groups excluding carboxylic acids is 1. The van der Waals surface area contributed by atoms with E-state index in [1.807, 2.05) is 27.8 Å². The zero-order chi connectivity index (χ0) is 24.4. The van der Waals surface area contributed by atoms with Crippen molar-refractivity contribution in [3.8, 4) is 17.2 Å². The van der Waals surface area contributed by atoms with Crippen LogP contribution in [0.15, 0.2) is 42.5 Å². The van der Waals surface area contributed by atoms with Crippen molar-refractivity contribution in [2.45, 2.75) is 32.2 Å². The van der Waals surface area contributed by atoms with Crippen LogP contribution in [0.3, 0.4) is 0 Å². The van der Waals surface area contributed by atoms with E-state index in [0.29, 0.717) is 18.8 Å². The Balaban J connectivity index is 1.29. The number of piperazine rings is 1. The lowest BCUT2D eigenvalue weighted by molar-refractivity contribution is 0.0621. The number of hydrogen-bond donors (Lipinski definition) is 0. The maximum absolute atomic E-state index is 13.5. The normalized spacial score (nSPS) is 16.1. The van der Waals surface area contributed by atoms with Crippen molar-refractivity contribution >= 4 is 5.91 Å². The summed E-state index contributed by atoms with van der Waals surface area (Å²) in [6.07, 6.45) is 3.87. The first-order valence-corrected chi connectivity index (χ1v) is 12.2. The van der Waals surface area contributed by atoms with Crippen LogP contribution in [0.25, 0.3) is 5.69 Å². The molecule has 1 aromatic heterocycles. The van der Waals surface area contributed by atoms with Crippen molar-refractivity contribution in [1.82, 2.24) is 19.6 Å². The molecule has 1 fully saturated rings. The Morgan fingerprint density at radius 1 is 0.943 bits per heavy atom. The molecular weight excluding hydrogens is 447 g/mol. The zero-order valence-electron chi connectivity index (χ0n) is 20.3. The van der Waals surface area contributed by atoms with Crippen molar-refractivity contribution in [1.29, 1.82) is 0 Å². The highest BCUT2D eigenvalue weighted by Gasteiger charge is 2.30. The number of rotatable bonds is 6. The van der Waals surface area contributed by atoms with E-state index in [-0.39, 0.29) is 11.7 Å². The van der Waals surface area contributed by atoms with Crippen LogP contribution in [0.5, 0.6) is 11.5 Å². The third kappa shape index (κ3) is 4.75. The molecule has 8 heteroatoms. The van der Waals surface area contributed by atoms with Gasteiger partial charge in [0.15, 0.2) is 17.2 Å². The molecule has 184 valence electrons. The summed E-state index contributed by atoms with van der Waals surface area (Å²) in [7, 11) is 3.27. The number of halogens is 1. The molecule has 0 unspecified atom stereocenters. The molecule has 2 heterocycles. The number of benzene rings is 2. The van der Waals surface area contributed by atoms with Gasteiger partial charge >= 0.3 is 0 Å². The third-order valence-electron chi connectivity index (χ3n) is 6.97. The molecule has 1 aliphatic carbocycles. The number of carbonyl (C=O) groups is 1. The van der Waals surface area contributed by atoms with E-state index in [2.05, 4.69) is 4.90 Å². The van der Waals surface area contributed by atoms with Gasteiger partial charge < -0.3 is 14.4 Å². The minimum atomic E-state index is -0.281. The first-order valence-electron chi connectivity index (χ1n) is 12.2. The van der Waals surface area contributed by atoms with E-state index in [4.69, 9.17) is 14.6 Å². The Hall–Kier alpha value is -3.39. The van der Waals surface area contributed by atoms with Gasteiger partial charge in [-0.25, -0.2) is 9.07 Å². The minimum absolute atomic E-state index is 0.00483. The number of fused-ring (bicyclic) bond motifs is 1. The van der Waals surface area contributed by atoms with Gasteiger partial charge in [-0.15, -0.1) is 0 Å². The predicted molar refractivity (Wildman–Crippen MR) is 131 cm³/mol. The average molecular weight is 479 g/mol. The second kappa shape index (κ2) is 10.1. The van der Waals surface area contributed by atoms with Gasteiger partial charge in [0.25, 0.3) is 5.91 Å². The number of nitrogens with zero attached hydrogens (tertiary/aromatic N) is 4. The summed E-state index contributed by atoms with van der Waals surface area (Å²) < 4.78 is 26.1. The molecule has 0 spiro atoms. The van der Waals surface area contributed by atoms with Gasteiger partial charge in [-0.2, -0.15) is 5.10 Å². The van der Waals surface area contributed by atoms with Gasteiger partial charge in [0, 0.05) is 44.0 Å². The van der Waals surface area contributed by atoms with Crippen molar-refractivity contribution < 1.29 is 18.7 Å². The van der Waals surface area contributed by atoms with Crippen LogP contribution in [0.1, 0.15) is 40.2 Å². The topological polar surface area (TPSA) is 59.8 Å². The highest BCUT2D eigenvalue weighted by molar-refractivity contribution is 5.94. The van der Waals surface area contributed by atoms with Gasteiger partial charge in [-0.05, 0) is 67.6 Å². The zero-order valence-corrected chi connectivity index (χ0v) is 20.3. The van der Waals surface area contributed by atoms with Gasteiger partial charge in [0.1, 0.15) is 5.82 Å². The molecule has 0 saturated carbocycles. The van der Waals surface area contributed by atoms with Crippen molar-refractivity contribution in [2.75, 3.05) is 40.4 Å². The maximum Gasteiger partial charge on any atom is 0.274 e. The fourth-order valence-corrected chi connectivity index (χ4v) is 5.06. The summed E-state index contributed by atoms with van der Waals surface area (Å²) >= 11 is 0. The van der Waals surface area contributed by atoms with Crippen LogP contribution in [0.2, 0.25) is 0 Å². The van der Waals surface area contributed by atoms with E-state index in [1.165, 1.54) is 12.1 Å². The van der Waals surface area contributed by atoms with Crippen LogP contribution < -0.4 is 9.47 Å². The van der Waals surface area contributed by atoms with E-state index >= 15 is 0 Å². The Kier molecular flexibility index (Phi) is 6.72. The van der Waals surface area contributed by atoms with Crippen LogP contribution in [-0.2, 0) is 19.4 Å². The number of methoxy groups -OCH3 is 2. The highest BCUT2D eigenvalue weighted by atomic mass is 19.1. The van der Waals surface area contributed by atoms with Gasteiger partial charge in [0.05, 0.1) is 19.9 Å². The SMILES string of the molecule is COc1ccc(CN2CCN(C(=O)c3nn(-c4ccc(F)cc4)c4c3CCCC4)CC2)cc1OC. The summed E-state index contributed by atoms with van der Waals surface area (Å²) in [5.74, 6) is 1.15. The van der Waals surface area contributed by atoms with Crippen LogP contribution in [0.4, 0.5) is 4.39 Å². The quantitative estimate of drug-likeness (QED) is 0.539. The average Bonchev–Trinajstić information content (AvgIpc) is 3.29.